The van der Waals surface area contributed by atoms with E-state index in [1.807, 2.05) is 24.3 Å². The summed E-state index contributed by atoms with van der Waals surface area (Å²) in [6.07, 6.45) is 2.23. The third-order valence-corrected chi connectivity index (χ3v) is 4.68. The second kappa shape index (κ2) is 7.58. The number of nitrogens with one attached hydrogen (secondary N) is 1. The zero-order valence-corrected chi connectivity index (χ0v) is 14.5. The number of benzene rings is 2. The number of amides is 1. The fourth-order valence-electron chi connectivity index (χ4n) is 3.21. The Morgan fingerprint density at radius 1 is 1.12 bits per heavy atom. The lowest BCUT2D eigenvalue weighted by molar-refractivity contribution is -0.120. The lowest BCUT2D eigenvalue weighted by atomic mass is 10.0. The Kier molecular flexibility index (Phi) is 5.26. The van der Waals surface area contributed by atoms with Gasteiger partial charge in [-0.25, -0.2) is 5.43 Å². The molecule has 1 N–H and O–H groups in total. The summed E-state index contributed by atoms with van der Waals surface area (Å²) in [5.41, 5.74) is 4.88. The van der Waals surface area contributed by atoms with Crippen molar-refractivity contribution in [3.05, 3.63) is 48.0 Å². The van der Waals surface area contributed by atoms with Crippen LogP contribution in [0.25, 0.3) is 10.8 Å². The maximum atomic E-state index is 12.2. The minimum Gasteiger partial charge on any atom is -0.300 e. The highest BCUT2D eigenvalue weighted by Crippen LogP contribution is 2.18. The molecule has 24 heavy (non-hydrogen) atoms. The first-order chi connectivity index (χ1) is 11.6. The van der Waals surface area contributed by atoms with E-state index in [0.29, 0.717) is 12.5 Å². The van der Waals surface area contributed by atoms with Crippen molar-refractivity contribution in [1.82, 2.24) is 10.3 Å². The standard InChI is InChI=1S/C20H25N3O/c1-15(2)23-12-10-18(11-13-23)21-22-20(24)14-17-8-5-7-16-6-3-4-9-19(16)17/h3-9,15H,10-14H2,1-2H3,(H,22,24). The molecule has 2 aromatic rings. The van der Waals surface area contributed by atoms with Crippen LogP contribution in [0.15, 0.2) is 47.6 Å². The highest BCUT2D eigenvalue weighted by Gasteiger charge is 2.17. The van der Waals surface area contributed by atoms with Gasteiger partial charge in [0.05, 0.1) is 6.42 Å². The topological polar surface area (TPSA) is 44.7 Å². The number of rotatable bonds is 4. The Labute approximate surface area is 143 Å². The Hall–Kier alpha value is -2.20. The van der Waals surface area contributed by atoms with Crippen LogP contribution >= 0.6 is 0 Å². The van der Waals surface area contributed by atoms with Crippen molar-refractivity contribution in [3.8, 4) is 0 Å². The predicted molar refractivity (Wildman–Crippen MR) is 99.2 cm³/mol. The smallest absolute Gasteiger partial charge is 0.244 e. The van der Waals surface area contributed by atoms with Gasteiger partial charge in [-0.3, -0.25) is 4.79 Å². The average Bonchev–Trinajstić information content (AvgIpc) is 2.61. The Morgan fingerprint density at radius 3 is 2.58 bits per heavy atom. The van der Waals surface area contributed by atoms with Gasteiger partial charge in [0, 0.05) is 37.7 Å². The minimum absolute atomic E-state index is 0.0508. The number of hydrogen-bond acceptors (Lipinski definition) is 3. The number of piperidine rings is 1. The third-order valence-electron chi connectivity index (χ3n) is 4.68. The Morgan fingerprint density at radius 2 is 1.83 bits per heavy atom. The van der Waals surface area contributed by atoms with Crippen LogP contribution < -0.4 is 5.43 Å². The fourth-order valence-corrected chi connectivity index (χ4v) is 3.21. The van der Waals surface area contributed by atoms with Crippen molar-refractivity contribution in [2.75, 3.05) is 13.1 Å². The average molecular weight is 323 g/mol. The zero-order chi connectivity index (χ0) is 16.9. The van der Waals surface area contributed by atoms with Crippen LogP contribution in [0, 0.1) is 0 Å². The van der Waals surface area contributed by atoms with E-state index in [4.69, 9.17) is 0 Å². The van der Waals surface area contributed by atoms with E-state index in [1.165, 1.54) is 0 Å². The molecule has 1 fully saturated rings. The second-order valence-corrected chi connectivity index (χ2v) is 6.66. The maximum Gasteiger partial charge on any atom is 0.244 e. The van der Waals surface area contributed by atoms with Gasteiger partial charge >= 0.3 is 0 Å². The molecule has 3 rings (SSSR count). The van der Waals surface area contributed by atoms with Gasteiger partial charge in [0.2, 0.25) is 5.91 Å². The number of carbonyl (C=O) groups excluding carboxylic acids is 1. The van der Waals surface area contributed by atoms with Gasteiger partial charge in [-0.15, -0.1) is 0 Å². The van der Waals surface area contributed by atoms with Gasteiger partial charge in [0.1, 0.15) is 0 Å². The van der Waals surface area contributed by atoms with Crippen molar-refractivity contribution >= 4 is 22.4 Å². The number of nitrogens with zero attached hydrogens (tertiary/aromatic N) is 2. The number of fused-ring (bicyclic) bond motifs is 1. The van der Waals surface area contributed by atoms with E-state index in [9.17, 15) is 4.79 Å². The largest absolute Gasteiger partial charge is 0.300 e. The molecule has 0 spiro atoms. The molecule has 4 nitrogen and oxygen atoms in total. The van der Waals surface area contributed by atoms with Crippen molar-refractivity contribution in [2.45, 2.75) is 39.2 Å². The lowest BCUT2D eigenvalue weighted by Gasteiger charge is -2.30. The quantitative estimate of drug-likeness (QED) is 0.877. The van der Waals surface area contributed by atoms with Crippen molar-refractivity contribution < 1.29 is 4.79 Å². The first-order valence-electron chi connectivity index (χ1n) is 8.68. The van der Waals surface area contributed by atoms with Crippen LogP contribution in [-0.2, 0) is 11.2 Å². The van der Waals surface area contributed by atoms with Gasteiger partial charge in [-0.05, 0) is 30.2 Å². The molecule has 1 amide bonds. The molecule has 2 aromatic carbocycles. The van der Waals surface area contributed by atoms with Crippen LogP contribution in [0.5, 0.6) is 0 Å². The van der Waals surface area contributed by atoms with Crippen LogP contribution in [0.2, 0.25) is 0 Å². The summed E-state index contributed by atoms with van der Waals surface area (Å²) >= 11 is 0. The van der Waals surface area contributed by atoms with Crippen LogP contribution in [-0.4, -0.2) is 35.7 Å². The molecular formula is C20H25N3O. The summed E-state index contributed by atoms with van der Waals surface area (Å²) in [6.45, 7) is 6.48. The molecule has 1 aliphatic heterocycles. The van der Waals surface area contributed by atoms with E-state index < -0.39 is 0 Å². The van der Waals surface area contributed by atoms with Gasteiger partial charge in [0.25, 0.3) is 0 Å². The first kappa shape index (κ1) is 16.7. The van der Waals surface area contributed by atoms with E-state index in [2.05, 4.69) is 47.5 Å². The fraction of sp³-hybridized carbons (Fsp3) is 0.400. The molecule has 0 unspecified atom stereocenters. The van der Waals surface area contributed by atoms with Crippen LogP contribution in [0.4, 0.5) is 0 Å². The van der Waals surface area contributed by atoms with Gasteiger partial charge in [0.15, 0.2) is 0 Å². The summed E-state index contributed by atoms with van der Waals surface area (Å²) in [4.78, 5) is 14.7. The van der Waals surface area contributed by atoms with Crippen molar-refractivity contribution in [2.24, 2.45) is 5.10 Å². The summed E-state index contributed by atoms with van der Waals surface area (Å²) in [5.74, 6) is -0.0508. The number of hydrogen-bond donors (Lipinski definition) is 1. The number of carbonyl (C=O) groups is 1. The summed E-state index contributed by atoms with van der Waals surface area (Å²) in [5, 5.41) is 6.64. The predicted octanol–water partition coefficient (Wildman–Crippen LogP) is 3.36. The SMILES string of the molecule is CC(C)N1CCC(=NNC(=O)Cc2cccc3ccccc23)CC1. The third kappa shape index (κ3) is 4.01. The molecule has 4 heteroatoms. The molecule has 0 saturated carbocycles. The highest BCUT2D eigenvalue weighted by molar-refractivity contribution is 5.91. The second-order valence-electron chi connectivity index (χ2n) is 6.66. The highest BCUT2D eigenvalue weighted by atomic mass is 16.2. The molecule has 0 atom stereocenters. The van der Waals surface area contributed by atoms with Crippen LogP contribution in [0.1, 0.15) is 32.3 Å². The number of likely N-dealkylation sites (tertiary alicyclic amines) is 1. The molecule has 0 bridgehead atoms. The Balaban J connectivity index is 1.59. The monoisotopic (exact) mass is 323 g/mol. The molecule has 126 valence electrons. The molecular weight excluding hydrogens is 298 g/mol. The zero-order valence-electron chi connectivity index (χ0n) is 14.5. The molecule has 0 aromatic heterocycles. The van der Waals surface area contributed by atoms with E-state index in [-0.39, 0.29) is 5.91 Å². The first-order valence-corrected chi connectivity index (χ1v) is 8.68. The van der Waals surface area contributed by atoms with Gasteiger partial charge in [-0.1, -0.05) is 42.5 Å². The Bertz CT molecular complexity index is 736. The van der Waals surface area contributed by atoms with E-state index in [1.54, 1.807) is 0 Å². The minimum atomic E-state index is -0.0508. The van der Waals surface area contributed by atoms with Gasteiger partial charge < -0.3 is 4.90 Å². The molecule has 0 radical (unpaired) electrons. The summed E-state index contributed by atoms with van der Waals surface area (Å²) in [6, 6.07) is 14.8. The summed E-state index contributed by atoms with van der Waals surface area (Å²) in [7, 11) is 0. The maximum absolute atomic E-state index is 12.2. The number of hydrazone groups is 1. The van der Waals surface area contributed by atoms with Crippen molar-refractivity contribution in [3.63, 3.8) is 0 Å². The molecule has 1 heterocycles. The van der Waals surface area contributed by atoms with Crippen molar-refractivity contribution in [1.29, 1.82) is 0 Å². The van der Waals surface area contributed by atoms with E-state index >= 15 is 0 Å². The normalized spacial score (nSPS) is 15.7. The summed E-state index contributed by atoms with van der Waals surface area (Å²) < 4.78 is 0. The molecule has 1 saturated heterocycles. The lowest BCUT2D eigenvalue weighted by Crippen LogP contribution is -2.39. The van der Waals surface area contributed by atoms with Gasteiger partial charge in [-0.2, -0.15) is 5.10 Å². The molecule has 0 aliphatic carbocycles. The van der Waals surface area contributed by atoms with E-state index in [0.717, 1.165) is 48.0 Å². The molecule has 1 aliphatic rings. The van der Waals surface area contributed by atoms with Crippen LogP contribution in [0.3, 0.4) is 0 Å².